The molecule has 0 saturated carbocycles. The molecule has 1 aliphatic rings. The third kappa shape index (κ3) is 4.12. The average molecular weight is 469 g/mol. The van der Waals surface area contributed by atoms with Crippen LogP contribution in [0.2, 0.25) is 5.02 Å². The Morgan fingerprint density at radius 2 is 1.71 bits per heavy atom. The van der Waals surface area contributed by atoms with Crippen LogP contribution in [0.15, 0.2) is 85.1 Å². The Balaban J connectivity index is 1.46. The molecule has 5 rings (SSSR count). The third-order valence-electron chi connectivity index (χ3n) is 5.32. The van der Waals surface area contributed by atoms with Crippen LogP contribution in [0.25, 0.3) is 23.0 Å². The molecule has 34 heavy (non-hydrogen) atoms. The summed E-state index contributed by atoms with van der Waals surface area (Å²) in [4.78, 5) is 36.6. The number of nitrogens with one attached hydrogen (secondary N) is 2. The number of fused-ring (bicyclic) bond motifs is 1. The van der Waals surface area contributed by atoms with E-state index in [0.717, 1.165) is 11.3 Å². The van der Waals surface area contributed by atoms with Gasteiger partial charge in [-0.1, -0.05) is 48.0 Å². The van der Waals surface area contributed by atoms with Crippen molar-refractivity contribution in [1.82, 2.24) is 15.1 Å². The first-order chi connectivity index (χ1) is 16.5. The minimum absolute atomic E-state index is 0.160. The van der Waals surface area contributed by atoms with E-state index >= 15 is 0 Å². The van der Waals surface area contributed by atoms with Gasteiger partial charge in [-0.15, -0.1) is 0 Å². The van der Waals surface area contributed by atoms with E-state index in [9.17, 15) is 14.4 Å². The van der Waals surface area contributed by atoms with Crippen LogP contribution in [-0.4, -0.2) is 27.5 Å². The lowest BCUT2D eigenvalue weighted by molar-refractivity contribution is -0.111. The van der Waals surface area contributed by atoms with Crippen molar-refractivity contribution in [2.24, 2.45) is 0 Å². The van der Waals surface area contributed by atoms with Crippen LogP contribution in [0.4, 0.5) is 5.69 Å². The zero-order valence-corrected chi connectivity index (χ0v) is 18.4. The number of imide groups is 1. The number of hydrogen-bond acceptors (Lipinski definition) is 4. The van der Waals surface area contributed by atoms with Crippen LogP contribution >= 0.6 is 11.6 Å². The molecule has 4 aromatic rings. The van der Waals surface area contributed by atoms with Crippen molar-refractivity contribution in [2.45, 2.75) is 0 Å². The second kappa shape index (κ2) is 8.80. The number of aromatic nitrogens is 2. The number of anilines is 1. The number of carbonyl (C=O) groups is 3. The van der Waals surface area contributed by atoms with Gasteiger partial charge in [0.15, 0.2) is 0 Å². The van der Waals surface area contributed by atoms with Gasteiger partial charge in [0, 0.05) is 28.4 Å². The lowest BCUT2D eigenvalue weighted by atomic mass is 10.1. The third-order valence-corrected chi connectivity index (χ3v) is 5.57. The van der Waals surface area contributed by atoms with Crippen LogP contribution in [-0.2, 0) is 4.79 Å². The molecule has 8 heteroatoms. The van der Waals surface area contributed by atoms with Gasteiger partial charge in [0.05, 0.1) is 28.2 Å². The molecule has 3 aromatic carbocycles. The minimum Gasteiger partial charge on any atom is -0.322 e. The predicted octanol–water partition coefficient (Wildman–Crippen LogP) is 4.73. The zero-order valence-electron chi connectivity index (χ0n) is 17.7. The van der Waals surface area contributed by atoms with Crippen molar-refractivity contribution in [3.63, 3.8) is 0 Å². The quantitative estimate of drug-likeness (QED) is 0.327. The lowest BCUT2D eigenvalue weighted by Crippen LogP contribution is -2.20. The Bertz CT molecular complexity index is 1460. The molecule has 166 valence electrons. The molecule has 1 aliphatic heterocycles. The van der Waals surface area contributed by atoms with Crippen molar-refractivity contribution >= 4 is 41.1 Å². The summed E-state index contributed by atoms with van der Waals surface area (Å²) in [5, 5.41) is 10.2. The summed E-state index contributed by atoms with van der Waals surface area (Å²) in [5.74, 6) is -1.46. The molecule has 0 spiro atoms. The van der Waals surface area contributed by atoms with E-state index in [1.165, 1.54) is 12.1 Å². The van der Waals surface area contributed by atoms with E-state index in [1.807, 2.05) is 48.7 Å². The summed E-state index contributed by atoms with van der Waals surface area (Å²) in [7, 11) is 0. The molecule has 1 aromatic heterocycles. The first-order valence-corrected chi connectivity index (χ1v) is 10.8. The first-order valence-electron chi connectivity index (χ1n) is 10.4. The second-order valence-corrected chi connectivity index (χ2v) is 7.99. The van der Waals surface area contributed by atoms with Gasteiger partial charge in [0.2, 0.25) is 5.91 Å². The summed E-state index contributed by atoms with van der Waals surface area (Å²) in [6, 6.07) is 21.6. The monoisotopic (exact) mass is 468 g/mol. The number of nitrogens with zero attached hydrogens (tertiary/aromatic N) is 2. The molecular weight excluding hydrogens is 452 g/mol. The molecule has 0 saturated heterocycles. The molecule has 0 aliphatic carbocycles. The Kier molecular flexibility index (Phi) is 5.53. The molecule has 0 bridgehead atoms. The van der Waals surface area contributed by atoms with Crippen LogP contribution in [0, 0.1) is 0 Å². The van der Waals surface area contributed by atoms with Gasteiger partial charge in [0.25, 0.3) is 11.8 Å². The summed E-state index contributed by atoms with van der Waals surface area (Å²) in [5.41, 5.74) is 3.78. The predicted molar refractivity (Wildman–Crippen MR) is 130 cm³/mol. The minimum atomic E-state index is -0.533. The number of para-hydroxylation sites is 1. The Hall–Kier alpha value is -4.49. The molecule has 0 radical (unpaired) electrons. The van der Waals surface area contributed by atoms with E-state index in [4.69, 9.17) is 16.7 Å². The number of benzene rings is 3. The summed E-state index contributed by atoms with van der Waals surface area (Å²) in [6.45, 7) is 0. The van der Waals surface area contributed by atoms with E-state index in [-0.39, 0.29) is 16.8 Å². The maximum absolute atomic E-state index is 12.7. The van der Waals surface area contributed by atoms with Gasteiger partial charge in [-0.3, -0.25) is 19.7 Å². The van der Waals surface area contributed by atoms with Crippen molar-refractivity contribution < 1.29 is 14.4 Å². The van der Waals surface area contributed by atoms with Crippen LogP contribution in [0.1, 0.15) is 26.3 Å². The van der Waals surface area contributed by atoms with Gasteiger partial charge >= 0.3 is 0 Å². The topological polar surface area (TPSA) is 93.1 Å². The van der Waals surface area contributed by atoms with Crippen LogP contribution in [0.3, 0.4) is 0 Å². The van der Waals surface area contributed by atoms with Crippen molar-refractivity contribution in [2.75, 3.05) is 5.32 Å². The molecule has 0 unspecified atom stereocenters. The molecule has 2 heterocycles. The Labute approximate surface area is 199 Å². The highest BCUT2D eigenvalue weighted by Gasteiger charge is 2.29. The summed E-state index contributed by atoms with van der Waals surface area (Å²) >= 11 is 6.04. The van der Waals surface area contributed by atoms with E-state index < -0.39 is 17.7 Å². The van der Waals surface area contributed by atoms with E-state index in [2.05, 4.69) is 10.6 Å². The van der Waals surface area contributed by atoms with Crippen molar-refractivity contribution in [3.05, 3.63) is 107 Å². The average Bonchev–Trinajstić information content (AvgIpc) is 3.40. The van der Waals surface area contributed by atoms with Crippen molar-refractivity contribution in [3.8, 4) is 16.9 Å². The maximum Gasteiger partial charge on any atom is 0.261 e. The summed E-state index contributed by atoms with van der Waals surface area (Å²) in [6.07, 6.45) is 4.84. The molecular formula is C26H17ClN4O3. The number of carbonyl (C=O) groups excluding carboxylic acids is 3. The zero-order chi connectivity index (χ0) is 23.7. The van der Waals surface area contributed by atoms with Crippen LogP contribution in [0.5, 0.6) is 0 Å². The lowest BCUT2D eigenvalue weighted by Gasteiger charge is -2.06. The molecule has 0 fully saturated rings. The van der Waals surface area contributed by atoms with Crippen LogP contribution < -0.4 is 10.6 Å². The molecule has 7 nitrogen and oxygen atoms in total. The van der Waals surface area contributed by atoms with Gasteiger partial charge < -0.3 is 5.32 Å². The Morgan fingerprint density at radius 3 is 2.47 bits per heavy atom. The number of hydrogen-bond donors (Lipinski definition) is 2. The Morgan fingerprint density at radius 1 is 0.941 bits per heavy atom. The smallest absolute Gasteiger partial charge is 0.261 e. The molecule has 0 atom stereocenters. The number of amides is 3. The van der Waals surface area contributed by atoms with Gasteiger partial charge in [-0.2, -0.15) is 5.10 Å². The largest absolute Gasteiger partial charge is 0.322 e. The standard InChI is InChI=1S/C26H17ClN4O3/c27-18-12-9-16(10-13-18)24-17(15-31(30-24)19-5-2-1-3-6-19)11-14-22(32)28-21-8-4-7-20-23(21)26(34)29-25(20)33/h1-15H,(H,28,32)(H,29,33,34). The van der Waals surface area contributed by atoms with Crippen molar-refractivity contribution in [1.29, 1.82) is 0 Å². The van der Waals surface area contributed by atoms with Gasteiger partial charge in [-0.25, -0.2) is 4.68 Å². The second-order valence-electron chi connectivity index (χ2n) is 7.55. The fraction of sp³-hybridized carbons (Fsp3) is 0. The summed E-state index contributed by atoms with van der Waals surface area (Å²) < 4.78 is 1.74. The SMILES string of the molecule is O=C(C=Cc1cn(-c2ccccc2)nc1-c1ccc(Cl)cc1)Nc1cccc2c1C(=O)NC2=O. The highest BCUT2D eigenvalue weighted by atomic mass is 35.5. The van der Waals surface area contributed by atoms with Gasteiger partial charge in [0.1, 0.15) is 0 Å². The highest BCUT2D eigenvalue weighted by Crippen LogP contribution is 2.27. The fourth-order valence-corrected chi connectivity index (χ4v) is 3.84. The highest BCUT2D eigenvalue weighted by molar-refractivity contribution is 6.30. The normalized spacial score (nSPS) is 12.6. The molecule has 2 N–H and O–H groups in total. The maximum atomic E-state index is 12.7. The number of halogens is 1. The van der Waals surface area contributed by atoms with Gasteiger partial charge in [-0.05, 0) is 42.5 Å². The molecule has 3 amide bonds. The van der Waals surface area contributed by atoms with E-state index in [1.54, 1.807) is 35.0 Å². The first kappa shape index (κ1) is 21.4. The fourth-order valence-electron chi connectivity index (χ4n) is 3.72. The number of rotatable bonds is 5. The van der Waals surface area contributed by atoms with E-state index in [0.29, 0.717) is 16.3 Å².